The van der Waals surface area contributed by atoms with Crippen LogP contribution in [0.2, 0.25) is 0 Å². The Balaban J connectivity index is 1.34. The van der Waals surface area contributed by atoms with Crippen molar-refractivity contribution in [3.63, 3.8) is 0 Å². The summed E-state index contributed by atoms with van der Waals surface area (Å²) in [4.78, 5) is 13.1. The quantitative estimate of drug-likeness (QED) is 0.187. The van der Waals surface area contributed by atoms with Gasteiger partial charge in [-0.1, -0.05) is 0 Å². The lowest BCUT2D eigenvalue weighted by Crippen LogP contribution is -2.53. The highest BCUT2D eigenvalue weighted by molar-refractivity contribution is 7.80. The number of hydrogen-bond acceptors (Lipinski definition) is 10. The van der Waals surface area contributed by atoms with Crippen LogP contribution in [0.5, 0.6) is 11.6 Å². The lowest BCUT2D eigenvalue weighted by atomic mass is 10.1. The normalized spacial score (nSPS) is 11.5. The molecule has 12 nitrogen and oxygen atoms in total. The molecule has 194 valence electrons. The molecule has 0 spiro atoms. The number of benzene rings is 2. The van der Waals surface area contributed by atoms with Gasteiger partial charge < -0.3 is 30.9 Å². The van der Waals surface area contributed by atoms with Gasteiger partial charge in [0.05, 0.1) is 24.3 Å². The van der Waals surface area contributed by atoms with Crippen molar-refractivity contribution in [1.29, 1.82) is 0 Å². The molecule has 0 bridgehead atoms. The van der Waals surface area contributed by atoms with Crippen molar-refractivity contribution in [2.45, 2.75) is 19.4 Å². The minimum atomic E-state index is -0.941. The number of aromatic nitrogens is 6. The van der Waals surface area contributed by atoms with Crippen molar-refractivity contribution in [1.82, 2.24) is 34.9 Å². The van der Waals surface area contributed by atoms with Gasteiger partial charge in [0.15, 0.2) is 10.8 Å². The Bertz CT molecular complexity index is 1620. The molecule has 5 rings (SSSR count). The molecule has 0 aliphatic rings. The van der Waals surface area contributed by atoms with Gasteiger partial charge in [-0.15, -0.1) is 10.2 Å². The number of rotatable bonds is 8. The van der Waals surface area contributed by atoms with E-state index in [4.69, 9.17) is 17.0 Å². The zero-order valence-corrected chi connectivity index (χ0v) is 21.4. The second-order valence-corrected chi connectivity index (χ2v) is 9.35. The highest BCUT2D eigenvalue weighted by Crippen LogP contribution is 2.30. The van der Waals surface area contributed by atoms with E-state index in [9.17, 15) is 10.2 Å². The first kappa shape index (κ1) is 25.2. The molecule has 5 aromatic rings. The largest absolute Gasteiger partial charge is 0.439 e. The molecule has 0 saturated carbocycles. The van der Waals surface area contributed by atoms with Crippen LogP contribution < -0.4 is 20.7 Å². The molecule has 2 aromatic carbocycles. The van der Waals surface area contributed by atoms with Gasteiger partial charge in [0.25, 0.3) is 0 Å². The number of hydrogen-bond donors (Lipinski definition) is 5. The number of ether oxygens (including phenoxy) is 1. The Morgan fingerprint density at radius 1 is 1.03 bits per heavy atom. The third-order valence-electron chi connectivity index (χ3n) is 5.82. The summed E-state index contributed by atoms with van der Waals surface area (Å²) in [5, 5.41) is 37.3. The van der Waals surface area contributed by atoms with Crippen LogP contribution in [0.25, 0.3) is 16.6 Å². The lowest BCUT2D eigenvalue weighted by Gasteiger charge is -2.28. The Hall–Kier alpha value is -4.46. The number of anilines is 3. The monoisotopic (exact) mass is 531 g/mol. The number of thiocarbonyl (C=S) groups is 1. The standard InChI is InChI=1S/C25H25N9O3S/c1-15-7-16(4-6-20(15)37-22-9-21-33-29-14-34(21)13-28-22)30-23-18-8-17(3-5-19(18)26-12-27-23)31-24(38)32-25(2,10-35)11-36/h3-9,12-14,35-36H,10-11H2,1-2H3,(H,26,27,30)(H2,31,32,38). The summed E-state index contributed by atoms with van der Waals surface area (Å²) >= 11 is 5.35. The molecule has 0 radical (unpaired) electrons. The fourth-order valence-electron chi connectivity index (χ4n) is 3.66. The topological polar surface area (TPSA) is 155 Å². The van der Waals surface area contributed by atoms with Crippen molar-refractivity contribution in [2.75, 3.05) is 23.8 Å². The van der Waals surface area contributed by atoms with Crippen molar-refractivity contribution in [2.24, 2.45) is 0 Å². The van der Waals surface area contributed by atoms with Crippen LogP contribution in [0, 0.1) is 6.92 Å². The van der Waals surface area contributed by atoms with Gasteiger partial charge in [-0.25, -0.2) is 15.0 Å². The fourth-order valence-corrected chi connectivity index (χ4v) is 4.02. The van der Waals surface area contributed by atoms with Gasteiger partial charge in [-0.05, 0) is 68.0 Å². The predicted octanol–water partition coefficient (Wildman–Crippen LogP) is 2.94. The smallest absolute Gasteiger partial charge is 0.224 e. The molecule has 3 aromatic heterocycles. The van der Waals surface area contributed by atoms with Crippen molar-refractivity contribution < 1.29 is 14.9 Å². The Morgan fingerprint density at radius 3 is 2.63 bits per heavy atom. The summed E-state index contributed by atoms with van der Waals surface area (Å²) in [6, 6.07) is 13.0. The van der Waals surface area contributed by atoms with E-state index in [1.807, 2.05) is 43.3 Å². The van der Waals surface area contributed by atoms with Gasteiger partial charge in [0.2, 0.25) is 5.88 Å². The first-order valence-electron chi connectivity index (χ1n) is 11.6. The minimum Gasteiger partial charge on any atom is -0.439 e. The maximum Gasteiger partial charge on any atom is 0.224 e. The molecule has 0 aliphatic carbocycles. The molecule has 0 fully saturated rings. The summed E-state index contributed by atoms with van der Waals surface area (Å²) in [5.74, 6) is 1.69. The Kier molecular flexibility index (Phi) is 6.96. The van der Waals surface area contributed by atoms with Crippen molar-refractivity contribution in [3.8, 4) is 11.6 Å². The van der Waals surface area contributed by atoms with E-state index in [2.05, 4.69) is 41.1 Å². The summed E-state index contributed by atoms with van der Waals surface area (Å²) < 4.78 is 7.66. The van der Waals surface area contributed by atoms with Crippen molar-refractivity contribution >= 4 is 51.1 Å². The third-order valence-corrected chi connectivity index (χ3v) is 6.03. The molecule has 38 heavy (non-hydrogen) atoms. The van der Waals surface area contributed by atoms with Crippen LogP contribution in [0.1, 0.15) is 12.5 Å². The zero-order chi connectivity index (χ0) is 26.7. The molecule has 3 heterocycles. The second-order valence-electron chi connectivity index (χ2n) is 8.94. The fraction of sp³-hybridized carbons (Fsp3) is 0.200. The number of aryl methyl sites for hydroxylation is 1. The molecule has 0 amide bonds. The van der Waals surface area contributed by atoms with Crippen LogP contribution in [-0.4, -0.2) is 63.6 Å². The minimum absolute atomic E-state index is 0.269. The molecule has 0 aliphatic heterocycles. The first-order valence-corrected chi connectivity index (χ1v) is 12.0. The number of fused-ring (bicyclic) bond motifs is 2. The molecule has 13 heteroatoms. The number of nitrogens with zero attached hydrogens (tertiary/aromatic N) is 6. The van der Waals surface area contributed by atoms with Gasteiger partial charge in [-0.3, -0.25) is 4.40 Å². The van der Waals surface area contributed by atoms with E-state index in [-0.39, 0.29) is 18.3 Å². The molecular formula is C25H25N9O3S. The van der Waals surface area contributed by atoms with E-state index in [1.54, 1.807) is 30.0 Å². The summed E-state index contributed by atoms with van der Waals surface area (Å²) in [7, 11) is 0. The van der Waals surface area contributed by atoms with Gasteiger partial charge in [0.1, 0.15) is 30.5 Å². The maximum atomic E-state index is 9.51. The van der Waals surface area contributed by atoms with Crippen LogP contribution in [-0.2, 0) is 0 Å². The summed E-state index contributed by atoms with van der Waals surface area (Å²) in [6.45, 7) is 3.06. The molecular weight excluding hydrogens is 506 g/mol. The number of aliphatic hydroxyl groups is 2. The van der Waals surface area contributed by atoms with Crippen LogP contribution in [0.3, 0.4) is 0 Å². The SMILES string of the molecule is Cc1cc(Nc2ncnc3ccc(NC(=S)NC(C)(CO)CO)cc23)ccc1Oc1cc2nncn2cn1. The number of nitrogens with one attached hydrogen (secondary N) is 3. The Labute approximate surface area is 222 Å². The second kappa shape index (κ2) is 10.5. The van der Waals surface area contributed by atoms with E-state index in [1.165, 1.54) is 6.33 Å². The van der Waals surface area contributed by atoms with Crippen LogP contribution in [0.4, 0.5) is 17.2 Å². The van der Waals surface area contributed by atoms with E-state index >= 15 is 0 Å². The average Bonchev–Trinajstić information content (AvgIpc) is 3.38. The van der Waals surface area contributed by atoms with Gasteiger partial charge in [-0.2, -0.15) is 0 Å². The lowest BCUT2D eigenvalue weighted by molar-refractivity contribution is 0.120. The van der Waals surface area contributed by atoms with Crippen LogP contribution in [0.15, 0.2) is 61.4 Å². The third kappa shape index (κ3) is 5.44. The van der Waals surface area contributed by atoms with Gasteiger partial charge in [0, 0.05) is 22.8 Å². The highest BCUT2D eigenvalue weighted by atomic mass is 32.1. The van der Waals surface area contributed by atoms with Gasteiger partial charge >= 0.3 is 0 Å². The highest BCUT2D eigenvalue weighted by Gasteiger charge is 2.23. The molecule has 0 unspecified atom stereocenters. The molecule has 5 N–H and O–H groups in total. The molecule has 0 atom stereocenters. The van der Waals surface area contributed by atoms with E-state index < -0.39 is 5.54 Å². The summed E-state index contributed by atoms with van der Waals surface area (Å²) in [5.41, 5.74) is 2.85. The predicted molar refractivity (Wildman–Crippen MR) is 147 cm³/mol. The van der Waals surface area contributed by atoms with Crippen molar-refractivity contribution in [3.05, 3.63) is 67.0 Å². The maximum absolute atomic E-state index is 9.51. The Morgan fingerprint density at radius 2 is 1.84 bits per heavy atom. The zero-order valence-electron chi connectivity index (χ0n) is 20.6. The molecule has 0 saturated heterocycles. The number of aliphatic hydroxyl groups excluding tert-OH is 2. The van der Waals surface area contributed by atoms with Crippen LogP contribution >= 0.6 is 12.2 Å². The first-order chi connectivity index (χ1) is 18.4. The summed E-state index contributed by atoms with van der Waals surface area (Å²) in [6.07, 6.45) is 4.66. The van der Waals surface area contributed by atoms with E-state index in [0.717, 1.165) is 22.2 Å². The van der Waals surface area contributed by atoms with E-state index in [0.29, 0.717) is 28.8 Å². The average molecular weight is 532 g/mol.